The molecule has 1 N–H and O–H groups in total. The van der Waals surface area contributed by atoms with E-state index in [4.69, 9.17) is 0 Å². The van der Waals surface area contributed by atoms with Gasteiger partial charge in [0.2, 0.25) is 0 Å². The smallest absolute Gasteiger partial charge is 0.00616 e. The third kappa shape index (κ3) is 3.80. The maximum absolute atomic E-state index is 3.19. The Labute approximate surface area is 77.2 Å². The number of hydrogen-bond donors (Lipinski definition) is 1. The molecule has 12 heavy (non-hydrogen) atoms. The van der Waals surface area contributed by atoms with Crippen LogP contribution in [0.25, 0.3) is 0 Å². The van der Waals surface area contributed by atoms with E-state index in [0.29, 0.717) is 0 Å². The molecular formula is C11H23N. The summed E-state index contributed by atoms with van der Waals surface area (Å²) in [7, 11) is 1.98. The lowest BCUT2D eigenvalue weighted by Crippen LogP contribution is -2.09. The van der Waals surface area contributed by atoms with Gasteiger partial charge in [0.25, 0.3) is 0 Å². The van der Waals surface area contributed by atoms with Crippen molar-refractivity contribution in [1.29, 1.82) is 0 Å². The van der Waals surface area contributed by atoms with Crippen molar-refractivity contribution in [2.45, 2.75) is 41.0 Å². The second kappa shape index (κ2) is 5.23. The molecule has 1 nitrogen and oxygen atoms in total. The highest BCUT2D eigenvalue weighted by atomic mass is 14.8. The molecule has 1 unspecified atom stereocenters. The Hall–Kier alpha value is -0.460. The fourth-order valence-electron chi connectivity index (χ4n) is 1.09. The molecule has 0 aromatic carbocycles. The van der Waals surface area contributed by atoms with Crippen molar-refractivity contribution in [3.8, 4) is 0 Å². The van der Waals surface area contributed by atoms with Gasteiger partial charge in [-0.2, -0.15) is 0 Å². The molecule has 0 heterocycles. The van der Waals surface area contributed by atoms with Crippen molar-refractivity contribution in [3.05, 3.63) is 11.3 Å². The van der Waals surface area contributed by atoms with Crippen LogP contribution >= 0.6 is 0 Å². The molecule has 0 fully saturated rings. The van der Waals surface area contributed by atoms with E-state index in [0.717, 1.165) is 11.8 Å². The summed E-state index contributed by atoms with van der Waals surface area (Å²) >= 11 is 0. The second-order valence-corrected chi connectivity index (χ2v) is 4.08. The third-order valence-corrected chi connectivity index (χ3v) is 2.78. The van der Waals surface area contributed by atoms with Crippen LogP contribution in [0.5, 0.6) is 0 Å². The molecule has 0 bridgehead atoms. The molecule has 1 heteroatoms. The van der Waals surface area contributed by atoms with Gasteiger partial charge in [0.05, 0.1) is 0 Å². The van der Waals surface area contributed by atoms with Gasteiger partial charge in [-0.25, -0.2) is 0 Å². The van der Waals surface area contributed by atoms with Crippen LogP contribution in [0.2, 0.25) is 0 Å². The topological polar surface area (TPSA) is 12.0 Å². The van der Waals surface area contributed by atoms with Crippen LogP contribution in [0.3, 0.4) is 0 Å². The van der Waals surface area contributed by atoms with E-state index in [-0.39, 0.29) is 0 Å². The number of nitrogens with one attached hydrogen (secondary N) is 1. The molecule has 1 atom stereocenters. The first-order chi connectivity index (χ1) is 5.49. The molecule has 0 aromatic heterocycles. The second-order valence-electron chi connectivity index (χ2n) is 4.08. The molecule has 0 aliphatic rings. The quantitative estimate of drug-likeness (QED) is 0.681. The van der Waals surface area contributed by atoms with Gasteiger partial charge >= 0.3 is 0 Å². The lowest BCUT2D eigenvalue weighted by Gasteiger charge is -2.17. The Balaban J connectivity index is 4.08. The van der Waals surface area contributed by atoms with Crippen molar-refractivity contribution < 1.29 is 0 Å². The van der Waals surface area contributed by atoms with E-state index >= 15 is 0 Å². The van der Waals surface area contributed by atoms with Gasteiger partial charge in [-0.15, -0.1) is 0 Å². The average Bonchev–Trinajstić information content (AvgIpc) is 2.02. The summed E-state index contributed by atoms with van der Waals surface area (Å²) in [4.78, 5) is 0. The summed E-state index contributed by atoms with van der Waals surface area (Å²) in [5.74, 6) is 1.57. The van der Waals surface area contributed by atoms with Gasteiger partial charge in [0, 0.05) is 12.7 Å². The van der Waals surface area contributed by atoms with Crippen LogP contribution in [0.15, 0.2) is 11.3 Å². The highest BCUT2D eigenvalue weighted by Crippen LogP contribution is 2.20. The summed E-state index contributed by atoms with van der Waals surface area (Å²) in [6.07, 6.45) is 1.21. The monoisotopic (exact) mass is 169 g/mol. The van der Waals surface area contributed by atoms with Gasteiger partial charge in [-0.3, -0.25) is 0 Å². The lowest BCUT2D eigenvalue weighted by molar-refractivity contribution is 0.414. The Bertz CT molecular complexity index is 156. The lowest BCUT2D eigenvalue weighted by atomic mass is 9.91. The van der Waals surface area contributed by atoms with E-state index in [1.807, 2.05) is 7.05 Å². The minimum absolute atomic E-state index is 0.782. The summed E-state index contributed by atoms with van der Waals surface area (Å²) in [5, 5.41) is 3.19. The first-order valence-corrected chi connectivity index (χ1v) is 4.83. The van der Waals surface area contributed by atoms with Gasteiger partial charge in [0.1, 0.15) is 0 Å². The standard InChI is InChI=1S/C11H23N/c1-8(2)9(3)7-10(4)11(5)12-6/h8-9,12H,7H2,1-6H3/b11-10+. The molecule has 0 saturated carbocycles. The van der Waals surface area contributed by atoms with E-state index in [2.05, 4.69) is 39.9 Å². The van der Waals surface area contributed by atoms with Crippen LogP contribution in [-0.2, 0) is 0 Å². The Kier molecular flexibility index (Phi) is 5.03. The number of hydrogen-bond acceptors (Lipinski definition) is 1. The zero-order chi connectivity index (χ0) is 9.72. The Morgan fingerprint density at radius 1 is 1.17 bits per heavy atom. The van der Waals surface area contributed by atoms with E-state index in [1.165, 1.54) is 17.7 Å². The van der Waals surface area contributed by atoms with E-state index < -0.39 is 0 Å². The zero-order valence-corrected chi connectivity index (χ0v) is 9.36. The molecule has 0 saturated heterocycles. The first-order valence-electron chi connectivity index (χ1n) is 4.83. The van der Waals surface area contributed by atoms with Crippen molar-refractivity contribution in [3.63, 3.8) is 0 Å². The fourth-order valence-corrected chi connectivity index (χ4v) is 1.09. The highest BCUT2D eigenvalue weighted by molar-refractivity contribution is 5.07. The molecular weight excluding hydrogens is 146 g/mol. The minimum Gasteiger partial charge on any atom is -0.392 e. The molecule has 0 aliphatic heterocycles. The first kappa shape index (κ1) is 11.5. The van der Waals surface area contributed by atoms with Crippen LogP contribution < -0.4 is 5.32 Å². The molecule has 0 radical (unpaired) electrons. The van der Waals surface area contributed by atoms with Crippen molar-refractivity contribution >= 4 is 0 Å². The van der Waals surface area contributed by atoms with E-state index in [1.54, 1.807) is 0 Å². The molecule has 0 rings (SSSR count). The molecule has 0 spiro atoms. The average molecular weight is 169 g/mol. The maximum Gasteiger partial charge on any atom is 0.00616 e. The van der Waals surface area contributed by atoms with Crippen LogP contribution in [0.4, 0.5) is 0 Å². The molecule has 72 valence electrons. The van der Waals surface area contributed by atoms with Crippen molar-refractivity contribution in [1.82, 2.24) is 5.32 Å². The largest absolute Gasteiger partial charge is 0.392 e. The number of allylic oxidation sites excluding steroid dienone is 2. The van der Waals surface area contributed by atoms with Crippen LogP contribution in [0, 0.1) is 11.8 Å². The van der Waals surface area contributed by atoms with Gasteiger partial charge in [-0.1, -0.05) is 26.3 Å². The van der Waals surface area contributed by atoms with Crippen molar-refractivity contribution in [2.24, 2.45) is 11.8 Å². The Morgan fingerprint density at radius 3 is 2.00 bits per heavy atom. The summed E-state index contributed by atoms with van der Waals surface area (Å²) < 4.78 is 0. The molecule has 0 amide bonds. The SMILES string of the molecule is CN/C(C)=C(\C)CC(C)C(C)C. The molecule has 0 aliphatic carbocycles. The zero-order valence-electron chi connectivity index (χ0n) is 9.36. The summed E-state index contributed by atoms with van der Waals surface area (Å²) in [6, 6.07) is 0. The van der Waals surface area contributed by atoms with Crippen LogP contribution in [0.1, 0.15) is 41.0 Å². The minimum atomic E-state index is 0.782. The van der Waals surface area contributed by atoms with Gasteiger partial charge < -0.3 is 5.32 Å². The Morgan fingerprint density at radius 2 is 1.67 bits per heavy atom. The normalized spacial score (nSPS) is 15.9. The fraction of sp³-hybridized carbons (Fsp3) is 0.818. The van der Waals surface area contributed by atoms with Crippen molar-refractivity contribution in [2.75, 3.05) is 7.05 Å². The maximum atomic E-state index is 3.19. The third-order valence-electron chi connectivity index (χ3n) is 2.78. The highest BCUT2D eigenvalue weighted by Gasteiger charge is 2.08. The predicted molar refractivity (Wildman–Crippen MR) is 56.1 cm³/mol. The number of rotatable bonds is 4. The van der Waals surface area contributed by atoms with Crippen LogP contribution in [-0.4, -0.2) is 7.05 Å². The summed E-state index contributed by atoms with van der Waals surface area (Å²) in [6.45, 7) is 11.2. The predicted octanol–water partition coefficient (Wildman–Crippen LogP) is 3.18. The summed E-state index contributed by atoms with van der Waals surface area (Å²) in [5.41, 5.74) is 2.81. The van der Waals surface area contributed by atoms with Gasteiger partial charge in [0.15, 0.2) is 0 Å². The molecule has 0 aromatic rings. The van der Waals surface area contributed by atoms with Gasteiger partial charge in [-0.05, 0) is 32.1 Å². The van der Waals surface area contributed by atoms with E-state index in [9.17, 15) is 0 Å².